The Labute approximate surface area is 213 Å². The predicted molar refractivity (Wildman–Crippen MR) is 121 cm³/mol. The molecule has 0 aliphatic heterocycles. The van der Waals surface area contributed by atoms with Gasteiger partial charge in [0.25, 0.3) is 0 Å². The Kier molecular flexibility index (Phi) is 23.1. The van der Waals surface area contributed by atoms with E-state index in [9.17, 15) is 18.0 Å². The number of hydrogen-bond acceptors (Lipinski definition) is 4. The maximum atomic E-state index is 11.8. The largest absolute Gasteiger partial charge is 1.00 e. The molecular weight excluding hydrogens is 429 g/mol. The summed E-state index contributed by atoms with van der Waals surface area (Å²) in [6.45, 7) is 2.14. The van der Waals surface area contributed by atoms with Crippen LogP contribution in [0.5, 0.6) is 0 Å². The summed E-state index contributed by atoms with van der Waals surface area (Å²) >= 11 is 0. The number of nitrogens with zero attached hydrogens (tertiary/aromatic N) is 1. The van der Waals surface area contributed by atoms with Crippen molar-refractivity contribution in [3.63, 3.8) is 0 Å². The maximum absolute atomic E-state index is 11.8. The summed E-state index contributed by atoms with van der Waals surface area (Å²) in [5.41, 5.74) is 0. The molecule has 0 unspecified atom stereocenters. The van der Waals surface area contributed by atoms with Gasteiger partial charge in [-0.25, -0.2) is 4.31 Å². The summed E-state index contributed by atoms with van der Waals surface area (Å²) in [6, 6.07) is 0. The smallest absolute Gasteiger partial charge is 1.00 e. The van der Waals surface area contributed by atoms with Crippen LogP contribution in [-0.4, -0.2) is 40.8 Å². The van der Waals surface area contributed by atoms with Gasteiger partial charge in [-0.2, -0.15) is 8.42 Å². The third kappa shape index (κ3) is 21.5. The zero-order chi connectivity index (χ0) is 22.7. The Morgan fingerprint density at radius 2 is 1.06 bits per heavy atom. The van der Waals surface area contributed by atoms with Gasteiger partial charge in [0, 0.05) is 13.0 Å². The molecule has 2 N–H and O–H groups in total. The van der Waals surface area contributed by atoms with E-state index in [1.165, 1.54) is 70.6 Å². The van der Waals surface area contributed by atoms with E-state index >= 15 is 0 Å². The van der Waals surface area contributed by atoms with Crippen molar-refractivity contribution in [2.24, 2.45) is 0 Å². The zero-order valence-corrected chi connectivity index (χ0v) is 22.6. The van der Waals surface area contributed by atoms with Crippen molar-refractivity contribution in [2.75, 3.05) is 6.54 Å². The zero-order valence-electron chi connectivity index (χ0n) is 20.8. The quantitative estimate of drug-likeness (QED) is 0.151. The molecule has 0 aromatic heterocycles. The molecule has 180 valence electrons. The molecule has 31 heavy (non-hydrogen) atoms. The number of carboxylic acid groups (broad SMARTS) is 1. The van der Waals surface area contributed by atoms with Crippen LogP contribution in [0.1, 0.15) is 124 Å². The molecule has 7 nitrogen and oxygen atoms in total. The second kappa shape index (κ2) is 21.7. The van der Waals surface area contributed by atoms with Crippen LogP contribution in [0.4, 0.5) is 0 Å². The van der Waals surface area contributed by atoms with Crippen molar-refractivity contribution in [1.82, 2.24) is 4.31 Å². The minimum atomic E-state index is -4.64. The average molecular weight is 474 g/mol. The normalized spacial score (nSPS) is 11.2. The molecule has 0 radical (unpaired) electrons. The molecule has 0 atom stereocenters. The van der Waals surface area contributed by atoms with Crippen molar-refractivity contribution in [2.45, 2.75) is 122 Å². The first kappa shape index (κ1) is 33.0. The Bertz CT molecular complexity index is 563. The fraction of sp³-hybridized carbons (Fsp3) is 0.909. The van der Waals surface area contributed by atoms with E-state index in [1.807, 2.05) is 0 Å². The number of amides is 1. The first-order valence-electron chi connectivity index (χ1n) is 11.8. The number of unbranched alkanes of at least 4 members (excludes halogenated alkanes) is 15. The molecule has 0 bridgehead atoms. The van der Waals surface area contributed by atoms with E-state index in [1.54, 1.807) is 0 Å². The van der Waals surface area contributed by atoms with Crippen LogP contribution >= 0.6 is 0 Å². The minimum absolute atomic E-state index is 0. The van der Waals surface area contributed by atoms with Gasteiger partial charge in [0.15, 0.2) is 0 Å². The van der Waals surface area contributed by atoms with Crippen molar-refractivity contribution in [3.8, 4) is 0 Å². The third-order valence-corrected chi connectivity index (χ3v) is 6.27. The number of carboxylic acids is 1. The van der Waals surface area contributed by atoms with Gasteiger partial charge in [0.05, 0.1) is 6.42 Å². The molecular formula is C22H44NNaO6S. The number of rotatable bonds is 21. The van der Waals surface area contributed by atoms with Gasteiger partial charge in [-0.3, -0.25) is 14.1 Å². The molecule has 0 saturated carbocycles. The maximum Gasteiger partial charge on any atom is 1.00 e. The fourth-order valence-electron chi connectivity index (χ4n) is 3.51. The first-order valence-corrected chi connectivity index (χ1v) is 13.2. The van der Waals surface area contributed by atoms with Crippen LogP contribution in [0.3, 0.4) is 0 Å². The molecule has 0 fully saturated rings. The average Bonchev–Trinajstić information content (AvgIpc) is 2.67. The van der Waals surface area contributed by atoms with Crippen LogP contribution in [0.25, 0.3) is 0 Å². The standard InChI is InChI=1S/C22H43NO6S.Na.H/c1-2-3-4-5-6-7-8-9-10-11-12-13-14-15-16-17-20-23(30(27,28)29)21(24)18-19-22(25)26;;/h2-20H2,1H3,(H,25,26)(H,27,28,29);;/q;+1;-1. The van der Waals surface area contributed by atoms with Gasteiger partial charge in [-0.05, 0) is 6.42 Å². The van der Waals surface area contributed by atoms with Crippen LogP contribution in [0.2, 0.25) is 0 Å². The molecule has 0 aliphatic carbocycles. The minimum Gasteiger partial charge on any atom is -1.00 e. The molecule has 0 spiro atoms. The van der Waals surface area contributed by atoms with Gasteiger partial charge in [0.1, 0.15) is 0 Å². The Balaban J connectivity index is -0.00000420. The van der Waals surface area contributed by atoms with E-state index in [4.69, 9.17) is 9.66 Å². The molecule has 0 rings (SSSR count). The summed E-state index contributed by atoms with van der Waals surface area (Å²) in [7, 11) is -4.64. The first-order chi connectivity index (χ1) is 14.3. The SMILES string of the molecule is CCCCCCCCCCCCCCCCCCN(C(=O)CCC(=O)O)S(=O)(=O)O.[H-].[Na+]. The Hall–Kier alpha value is -0.150. The van der Waals surface area contributed by atoms with Gasteiger partial charge in [-0.1, -0.05) is 103 Å². The second-order valence-corrected chi connectivity index (χ2v) is 9.48. The fourth-order valence-corrected chi connectivity index (χ4v) is 4.22. The molecule has 0 aromatic carbocycles. The van der Waals surface area contributed by atoms with Crippen molar-refractivity contribution in [1.29, 1.82) is 0 Å². The van der Waals surface area contributed by atoms with E-state index in [0.717, 1.165) is 25.7 Å². The summed E-state index contributed by atoms with van der Waals surface area (Å²) in [5, 5.41) is 8.59. The van der Waals surface area contributed by atoms with E-state index in [-0.39, 0.29) is 37.5 Å². The van der Waals surface area contributed by atoms with Gasteiger partial charge in [-0.15, -0.1) is 0 Å². The monoisotopic (exact) mass is 473 g/mol. The molecule has 0 saturated heterocycles. The van der Waals surface area contributed by atoms with Crippen molar-refractivity contribution >= 4 is 22.2 Å². The summed E-state index contributed by atoms with van der Waals surface area (Å²) in [5.74, 6) is -2.05. The van der Waals surface area contributed by atoms with Gasteiger partial charge >= 0.3 is 45.8 Å². The predicted octanol–water partition coefficient (Wildman–Crippen LogP) is 2.86. The molecule has 0 aliphatic rings. The van der Waals surface area contributed by atoms with E-state index < -0.39 is 35.0 Å². The molecule has 1 amide bonds. The van der Waals surface area contributed by atoms with Crippen LogP contribution in [0, 0.1) is 0 Å². The third-order valence-electron chi connectivity index (χ3n) is 5.32. The Morgan fingerprint density at radius 3 is 1.39 bits per heavy atom. The second-order valence-electron chi connectivity index (χ2n) is 8.14. The number of carbonyl (C=O) groups is 2. The van der Waals surface area contributed by atoms with Crippen LogP contribution < -0.4 is 29.6 Å². The molecule has 9 heteroatoms. The number of carbonyl (C=O) groups excluding carboxylic acids is 1. The van der Waals surface area contributed by atoms with Gasteiger partial charge < -0.3 is 6.53 Å². The van der Waals surface area contributed by atoms with Crippen LogP contribution in [0.15, 0.2) is 0 Å². The van der Waals surface area contributed by atoms with Crippen molar-refractivity contribution in [3.05, 3.63) is 0 Å². The van der Waals surface area contributed by atoms with Crippen molar-refractivity contribution < 1.29 is 58.7 Å². The molecule has 0 aromatic rings. The summed E-state index contributed by atoms with van der Waals surface area (Å²) < 4.78 is 32.2. The molecule has 0 heterocycles. The summed E-state index contributed by atoms with van der Waals surface area (Å²) in [6.07, 6.45) is 18.2. The van der Waals surface area contributed by atoms with Crippen LogP contribution in [-0.2, 0) is 19.9 Å². The summed E-state index contributed by atoms with van der Waals surface area (Å²) in [4.78, 5) is 22.3. The van der Waals surface area contributed by atoms with E-state index in [0.29, 0.717) is 10.7 Å². The topological polar surface area (TPSA) is 112 Å². The number of hydrogen-bond donors (Lipinski definition) is 2. The van der Waals surface area contributed by atoms with Gasteiger partial charge in [0.2, 0.25) is 5.91 Å². The van der Waals surface area contributed by atoms with E-state index in [2.05, 4.69) is 6.92 Å². The Morgan fingerprint density at radius 1 is 0.710 bits per heavy atom. The number of aliphatic carboxylic acids is 1.